The second-order valence-electron chi connectivity index (χ2n) is 9.10. The molecular weight excluding hydrogens is 464 g/mol. The summed E-state index contributed by atoms with van der Waals surface area (Å²) in [6, 6.07) is 30.4. The monoisotopic (exact) mass is 490 g/mol. The summed E-state index contributed by atoms with van der Waals surface area (Å²) < 4.78 is 17.9. The van der Waals surface area contributed by atoms with Gasteiger partial charge in [-0.1, -0.05) is 60.7 Å². The van der Waals surface area contributed by atoms with E-state index in [0.717, 1.165) is 43.9 Å². The van der Waals surface area contributed by atoms with Gasteiger partial charge in [-0.25, -0.2) is 0 Å². The van der Waals surface area contributed by atoms with Gasteiger partial charge in [0.1, 0.15) is 24.2 Å². The fourth-order valence-electron chi connectivity index (χ4n) is 4.64. The minimum atomic E-state index is 0.275. The Balaban J connectivity index is 1.10. The molecule has 37 heavy (non-hydrogen) atoms. The number of piperazine rings is 1. The maximum atomic E-state index is 9.69. The van der Waals surface area contributed by atoms with Crippen LogP contribution in [-0.4, -0.2) is 36.1 Å². The Hall–Kier alpha value is -4.54. The van der Waals surface area contributed by atoms with Crippen molar-refractivity contribution in [2.24, 2.45) is 0 Å². The van der Waals surface area contributed by atoms with E-state index in [1.807, 2.05) is 42.5 Å². The summed E-state index contributed by atoms with van der Waals surface area (Å²) >= 11 is 0. The standard InChI is InChI=1S/C30H26N4O3/c31-19-27-30(34-16-14-33(15-17-34)20-22-6-2-1-3-7-22)37-29(32-27)28-13-12-26(36-28)21-35-25-11-10-23-8-4-5-9-24(23)18-25/h1-13,18H,14-17,20-21H2. The van der Waals surface area contributed by atoms with Gasteiger partial charge in [0.25, 0.3) is 5.89 Å². The number of furan rings is 1. The number of ether oxygens (including phenoxy) is 1. The van der Waals surface area contributed by atoms with Gasteiger partial charge in [0.05, 0.1) is 0 Å². The van der Waals surface area contributed by atoms with Gasteiger partial charge < -0.3 is 18.5 Å². The molecule has 0 radical (unpaired) electrons. The zero-order valence-electron chi connectivity index (χ0n) is 20.3. The molecule has 1 saturated heterocycles. The number of hydrogen-bond acceptors (Lipinski definition) is 7. The third kappa shape index (κ3) is 5.06. The first-order valence-electron chi connectivity index (χ1n) is 12.4. The molecule has 0 N–H and O–H groups in total. The lowest BCUT2D eigenvalue weighted by atomic mass is 10.1. The summed E-state index contributed by atoms with van der Waals surface area (Å²) in [5.74, 6) is 2.70. The third-order valence-corrected chi connectivity index (χ3v) is 6.60. The minimum Gasteiger partial charge on any atom is -0.486 e. The lowest BCUT2D eigenvalue weighted by Gasteiger charge is -2.34. The molecule has 184 valence electrons. The molecule has 3 heterocycles. The summed E-state index contributed by atoms with van der Waals surface area (Å²) in [7, 11) is 0. The topological polar surface area (TPSA) is 78.7 Å². The van der Waals surface area contributed by atoms with Crippen molar-refractivity contribution in [1.29, 1.82) is 5.26 Å². The van der Waals surface area contributed by atoms with Crippen molar-refractivity contribution in [1.82, 2.24) is 9.88 Å². The Morgan fingerprint density at radius 3 is 2.43 bits per heavy atom. The first-order chi connectivity index (χ1) is 18.2. The van der Waals surface area contributed by atoms with Crippen LogP contribution in [-0.2, 0) is 13.2 Å². The van der Waals surface area contributed by atoms with E-state index >= 15 is 0 Å². The summed E-state index contributed by atoms with van der Waals surface area (Å²) in [5.41, 5.74) is 1.57. The summed E-state index contributed by atoms with van der Waals surface area (Å²) in [6.07, 6.45) is 0. The molecule has 1 aliphatic rings. The van der Waals surface area contributed by atoms with Gasteiger partial charge in [-0.2, -0.15) is 10.2 Å². The lowest BCUT2D eigenvalue weighted by molar-refractivity contribution is 0.246. The highest BCUT2D eigenvalue weighted by molar-refractivity contribution is 5.83. The second kappa shape index (κ2) is 10.2. The molecule has 0 bridgehead atoms. The number of fused-ring (bicyclic) bond motifs is 1. The number of benzene rings is 3. The Morgan fingerprint density at radius 1 is 0.838 bits per heavy atom. The number of nitriles is 1. The highest BCUT2D eigenvalue weighted by atomic mass is 16.5. The maximum absolute atomic E-state index is 9.69. The molecule has 0 spiro atoms. The van der Waals surface area contributed by atoms with Crippen molar-refractivity contribution in [2.45, 2.75) is 13.2 Å². The average Bonchev–Trinajstić information content (AvgIpc) is 3.60. The number of oxazole rings is 1. The normalized spacial score (nSPS) is 14.1. The van der Waals surface area contributed by atoms with Crippen molar-refractivity contribution in [3.63, 3.8) is 0 Å². The van der Waals surface area contributed by atoms with Crippen LogP contribution >= 0.6 is 0 Å². The summed E-state index contributed by atoms with van der Waals surface area (Å²) in [6.45, 7) is 4.48. The number of nitrogens with zero attached hydrogens (tertiary/aromatic N) is 4. The number of anilines is 1. The van der Waals surface area contributed by atoms with Crippen LogP contribution in [0.4, 0.5) is 5.88 Å². The van der Waals surface area contributed by atoms with Crippen molar-refractivity contribution >= 4 is 16.7 Å². The van der Waals surface area contributed by atoms with E-state index in [2.05, 4.69) is 57.3 Å². The first-order valence-corrected chi connectivity index (χ1v) is 12.4. The van der Waals surface area contributed by atoms with Gasteiger partial charge in [0.2, 0.25) is 11.6 Å². The molecule has 0 amide bonds. The lowest BCUT2D eigenvalue weighted by Crippen LogP contribution is -2.46. The largest absolute Gasteiger partial charge is 0.486 e. The molecule has 3 aromatic carbocycles. The van der Waals surface area contributed by atoms with E-state index in [4.69, 9.17) is 13.6 Å². The SMILES string of the molecule is N#Cc1nc(-c2ccc(COc3ccc4ccccc4c3)o2)oc1N1CCN(Cc2ccccc2)CC1. The van der Waals surface area contributed by atoms with Crippen LogP contribution in [0.25, 0.3) is 22.4 Å². The molecular formula is C30H26N4O3. The molecule has 1 fully saturated rings. The fourth-order valence-corrected chi connectivity index (χ4v) is 4.64. The van der Waals surface area contributed by atoms with E-state index in [-0.39, 0.29) is 12.3 Å². The van der Waals surface area contributed by atoms with E-state index in [1.54, 1.807) is 6.07 Å². The Kier molecular flexibility index (Phi) is 6.32. The van der Waals surface area contributed by atoms with E-state index in [0.29, 0.717) is 23.3 Å². The van der Waals surface area contributed by atoms with Gasteiger partial charge in [-0.3, -0.25) is 4.90 Å². The number of rotatable bonds is 7. The molecule has 5 aromatic rings. The predicted molar refractivity (Wildman–Crippen MR) is 141 cm³/mol. The molecule has 0 unspecified atom stereocenters. The fraction of sp³-hybridized carbons (Fsp3) is 0.200. The third-order valence-electron chi connectivity index (χ3n) is 6.60. The summed E-state index contributed by atoms with van der Waals surface area (Å²) in [4.78, 5) is 8.90. The summed E-state index contributed by atoms with van der Waals surface area (Å²) in [5, 5.41) is 12.0. The van der Waals surface area contributed by atoms with Crippen LogP contribution in [0.3, 0.4) is 0 Å². The Bertz CT molecular complexity index is 1540. The first kappa shape index (κ1) is 22.9. The Labute approximate surface area is 215 Å². The van der Waals surface area contributed by atoms with E-state index in [9.17, 15) is 5.26 Å². The van der Waals surface area contributed by atoms with Gasteiger partial charge in [0.15, 0.2) is 5.76 Å². The average molecular weight is 491 g/mol. The van der Waals surface area contributed by atoms with Crippen molar-refractivity contribution < 1.29 is 13.6 Å². The second-order valence-corrected chi connectivity index (χ2v) is 9.10. The van der Waals surface area contributed by atoms with Crippen LogP contribution < -0.4 is 9.64 Å². The highest BCUT2D eigenvalue weighted by Gasteiger charge is 2.25. The zero-order valence-corrected chi connectivity index (χ0v) is 20.3. The van der Waals surface area contributed by atoms with Gasteiger partial charge in [-0.15, -0.1) is 0 Å². The minimum absolute atomic E-state index is 0.275. The van der Waals surface area contributed by atoms with Gasteiger partial charge in [0, 0.05) is 32.7 Å². The van der Waals surface area contributed by atoms with E-state index in [1.165, 1.54) is 10.9 Å². The molecule has 6 rings (SSSR count). The molecule has 0 saturated carbocycles. The predicted octanol–water partition coefficient (Wildman–Crippen LogP) is 5.86. The zero-order chi connectivity index (χ0) is 25.0. The van der Waals surface area contributed by atoms with Crippen LogP contribution in [0.5, 0.6) is 5.75 Å². The van der Waals surface area contributed by atoms with Crippen molar-refractivity contribution in [2.75, 3.05) is 31.1 Å². The maximum Gasteiger partial charge on any atom is 0.266 e. The Morgan fingerprint density at radius 2 is 1.62 bits per heavy atom. The molecule has 2 aromatic heterocycles. The van der Waals surface area contributed by atoms with Crippen molar-refractivity contribution in [3.05, 3.63) is 102 Å². The van der Waals surface area contributed by atoms with Crippen LogP contribution in [0.15, 0.2) is 93.8 Å². The highest BCUT2D eigenvalue weighted by Crippen LogP contribution is 2.30. The number of hydrogen-bond donors (Lipinski definition) is 0. The smallest absolute Gasteiger partial charge is 0.266 e. The molecule has 1 aliphatic heterocycles. The van der Waals surface area contributed by atoms with E-state index < -0.39 is 0 Å². The molecule has 0 aliphatic carbocycles. The molecule has 7 nitrogen and oxygen atoms in total. The van der Waals surface area contributed by atoms with Crippen LogP contribution in [0.2, 0.25) is 0 Å². The van der Waals surface area contributed by atoms with Crippen molar-refractivity contribution in [3.8, 4) is 23.5 Å². The molecule has 7 heteroatoms. The van der Waals surface area contributed by atoms with Crippen LogP contribution in [0.1, 0.15) is 17.0 Å². The van der Waals surface area contributed by atoms with Crippen LogP contribution in [0, 0.1) is 11.3 Å². The molecule has 0 atom stereocenters. The van der Waals surface area contributed by atoms with Gasteiger partial charge in [-0.05, 0) is 40.6 Å². The quantitative estimate of drug-likeness (QED) is 0.283. The van der Waals surface area contributed by atoms with Gasteiger partial charge >= 0.3 is 0 Å². The number of aromatic nitrogens is 1.